The summed E-state index contributed by atoms with van der Waals surface area (Å²) >= 11 is 0. The van der Waals surface area contributed by atoms with Crippen molar-refractivity contribution in [3.63, 3.8) is 0 Å². The van der Waals surface area contributed by atoms with E-state index >= 15 is 0 Å². The molecule has 28 heavy (non-hydrogen) atoms. The lowest BCUT2D eigenvalue weighted by molar-refractivity contribution is -0.384. The van der Waals surface area contributed by atoms with Crippen LogP contribution >= 0.6 is 0 Å². The van der Waals surface area contributed by atoms with Crippen LogP contribution in [0.2, 0.25) is 0 Å². The van der Waals surface area contributed by atoms with E-state index in [1.54, 1.807) is 6.92 Å². The minimum atomic E-state index is -1.74. The quantitative estimate of drug-likeness (QED) is 0.478. The van der Waals surface area contributed by atoms with Gasteiger partial charge in [0.15, 0.2) is 0 Å². The highest BCUT2D eigenvalue weighted by molar-refractivity contribution is 6.01. The average molecular weight is 384 g/mol. The molecule has 0 saturated heterocycles. The Kier molecular flexibility index (Phi) is 5.37. The van der Waals surface area contributed by atoms with Crippen LogP contribution in [-0.2, 0) is 14.3 Å². The number of ether oxygens (including phenoxy) is 2. The van der Waals surface area contributed by atoms with Crippen molar-refractivity contribution in [1.29, 1.82) is 0 Å². The van der Waals surface area contributed by atoms with E-state index in [4.69, 9.17) is 9.47 Å². The average Bonchev–Trinajstić information content (AvgIpc) is 2.70. The first-order valence-corrected chi connectivity index (χ1v) is 8.32. The number of carbonyl (C=O) groups excluding carboxylic acids is 2. The zero-order chi connectivity index (χ0) is 20.3. The smallest absolute Gasteiger partial charge is 0.338 e. The third kappa shape index (κ3) is 3.84. The SMILES string of the molecule is CCOC(=O)c1ccc(N2C=C(c3ccc([N+](=O)[O-])cc3)OC(O)C2=O)cc1. The number of aliphatic hydroxyl groups is 1. The van der Waals surface area contributed by atoms with Gasteiger partial charge < -0.3 is 14.6 Å². The van der Waals surface area contributed by atoms with Gasteiger partial charge in [-0.3, -0.25) is 19.8 Å². The lowest BCUT2D eigenvalue weighted by atomic mass is 10.1. The predicted molar refractivity (Wildman–Crippen MR) is 98.0 cm³/mol. The predicted octanol–water partition coefficient (Wildman–Crippen LogP) is 2.45. The third-order valence-electron chi connectivity index (χ3n) is 3.95. The summed E-state index contributed by atoms with van der Waals surface area (Å²) in [5, 5.41) is 20.7. The molecule has 0 aromatic heterocycles. The van der Waals surface area contributed by atoms with Gasteiger partial charge in [-0.1, -0.05) is 0 Å². The largest absolute Gasteiger partial charge is 0.462 e. The molecule has 0 saturated carbocycles. The maximum atomic E-state index is 12.3. The molecule has 2 aromatic rings. The molecular formula is C19H16N2O7. The number of nitro groups is 1. The molecule has 1 aliphatic heterocycles. The van der Waals surface area contributed by atoms with Gasteiger partial charge in [0.05, 0.1) is 23.3 Å². The number of esters is 1. The summed E-state index contributed by atoms with van der Waals surface area (Å²) in [7, 11) is 0. The van der Waals surface area contributed by atoms with Gasteiger partial charge in [-0.2, -0.15) is 0 Å². The van der Waals surface area contributed by atoms with Crippen LogP contribution < -0.4 is 4.90 Å². The summed E-state index contributed by atoms with van der Waals surface area (Å²) in [6.07, 6.45) is -0.366. The first-order valence-electron chi connectivity index (χ1n) is 8.32. The van der Waals surface area contributed by atoms with E-state index in [0.717, 1.165) is 0 Å². The number of hydrogen-bond acceptors (Lipinski definition) is 7. The van der Waals surface area contributed by atoms with E-state index in [1.807, 2.05) is 0 Å². The first-order chi connectivity index (χ1) is 13.4. The molecular weight excluding hydrogens is 368 g/mol. The number of nitrogens with zero attached hydrogens (tertiary/aromatic N) is 2. The molecule has 0 aliphatic carbocycles. The molecule has 0 spiro atoms. The monoisotopic (exact) mass is 384 g/mol. The van der Waals surface area contributed by atoms with Gasteiger partial charge in [-0.25, -0.2) is 4.79 Å². The summed E-state index contributed by atoms with van der Waals surface area (Å²) in [4.78, 5) is 35.5. The molecule has 0 bridgehead atoms. The van der Waals surface area contributed by atoms with Crippen LogP contribution in [0.25, 0.3) is 5.76 Å². The molecule has 0 fully saturated rings. The summed E-state index contributed by atoms with van der Waals surface area (Å²) in [6.45, 7) is 1.95. The van der Waals surface area contributed by atoms with Crippen molar-refractivity contribution in [1.82, 2.24) is 0 Å². The van der Waals surface area contributed by atoms with Crippen LogP contribution in [0, 0.1) is 10.1 Å². The lowest BCUT2D eigenvalue weighted by Crippen LogP contribution is -2.40. The van der Waals surface area contributed by atoms with Gasteiger partial charge >= 0.3 is 11.9 Å². The highest BCUT2D eigenvalue weighted by Crippen LogP contribution is 2.28. The molecule has 1 atom stereocenters. The number of benzene rings is 2. The summed E-state index contributed by atoms with van der Waals surface area (Å²) < 4.78 is 10.1. The third-order valence-corrected chi connectivity index (χ3v) is 3.95. The van der Waals surface area contributed by atoms with E-state index in [2.05, 4.69) is 0 Å². The number of hydrogen-bond donors (Lipinski definition) is 1. The second kappa shape index (κ2) is 7.89. The van der Waals surface area contributed by atoms with Gasteiger partial charge in [0.25, 0.3) is 12.0 Å². The molecule has 1 aliphatic rings. The number of carbonyl (C=O) groups is 2. The molecule has 1 amide bonds. The molecule has 1 N–H and O–H groups in total. The molecule has 1 unspecified atom stereocenters. The highest BCUT2D eigenvalue weighted by atomic mass is 16.6. The van der Waals surface area contributed by atoms with Gasteiger partial charge in [-0.15, -0.1) is 0 Å². The van der Waals surface area contributed by atoms with Crippen LogP contribution in [0.3, 0.4) is 0 Å². The molecule has 9 heteroatoms. The fourth-order valence-electron chi connectivity index (χ4n) is 2.57. The molecule has 1 heterocycles. The second-order valence-corrected chi connectivity index (χ2v) is 5.74. The maximum Gasteiger partial charge on any atom is 0.338 e. The molecule has 3 rings (SSSR count). The minimum absolute atomic E-state index is 0.0943. The van der Waals surface area contributed by atoms with Crippen molar-refractivity contribution >= 4 is 29.0 Å². The number of aliphatic hydroxyl groups excluding tert-OH is 1. The topological polar surface area (TPSA) is 119 Å². The van der Waals surface area contributed by atoms with E-state index in [9.17, 15) is 24.8 Å². The van der Waals surface area contributed by atoms with Crippen molar-refractivity contribution in [2.75, 3.05) is 11.5 Å². The first kappa shape index (κ1) is 19.1. The fourth-order valence-corrected chi connectivity index (χ4v) is 2.57. The van der Waals surface area contributed by atoms with E-state index in [1.165, 1.54) is 59.6 Å². The summed E-state index contributed by atoms with van der Waals surface area (Å²) in [5.41, 5.74) is 1.08. The number of amides is 1. The Balaban J connectivity index is 1.90. The number of non-ortho nitro benzene ring substituents is 1. The molecule has 9 nitrogen and oxygen atoms in total. The van der Waals surface area contributed by atoms with Gasteiger partial charge in [-0.05, 0) is 43.3 Å². The fraction of sp³-hybridized carbons (Fsp3) is 0.158. The van der Waals surface area contributed by atoms with Crippen molar-refractivity contribution in [2.45, 2.75) is 13.2 Å². The Labute approximate surface area is 159 Å². The van der Waals surface area contributed by atoms with Crippen LogP contribution in [0.4, 0.5) is 11.4 Å². The zero-order valence-electron chi connectivity index (χ0n) is 14.8. The van der Waals surface area contributed by atoms with Crippen molar-refractivity contribution in [2.24, 2.45) is 0 Å². The van der Waals surface area contributed by atoms with Crippen molar-refractivity contribution in [3.8, 4) is 0 Å². The Morgan fingerprint density at radius 3 is 2.43 bits per heavy atom. The zero-order valence-corrected chi connectivity index (χ0v) is 14.8. The van der Waals surface area contributed by atoms with Gasteiger partial charge in [0, 0.05) is 23.4 Å². The minimum Gasteiger partial charge on any atom is -0.462 e. The summed E-state index contributed by atoms with van der Waals surface area (Å²) in [5.74, 6) is -1.03. The van der Waals surface area contributed by atoms with E-state index in [0.29, 0.717) is 16.8 Å². The number of nitro benzene ring substituents is 1. The van der Waals surface area contributed by atoms with Crippen LogP contribution in [0.1, 0.15) is 22.8 Å². The summed E-state index contributed by atoms with van der Waals surface area (Å²) in [6, 6.07) is 11.6. The maximum absolute atomic E-state index is 12.3. The Bertz CT molecular complexity index is 936. The van der Waals surface area contributed by atoms with Gasteiger partial charge in [0.1, 0.15) is 5.76 Å². The Morgan fingerprint density at radius 1 is 1.21 bits per heavy atom. The van der Waals surface area contributed by atoms with E-state index in [-0.39, 0.29) is 18.1 Å². The molecule has 144 valence electrons. The second-order valence-electron chi connectivity index (χ2n) is 5.74. The van der Waals surface area contributed by atoms with Crippen LogP contribution in [-0.4, -0.2) is 34.8 Å². The van der Waals surface area contributed by atoms with Crippen molar-refractivity contribution in [3.05, 3.63) is 76.0 Å². The number of anilines is 1. The Hall–Kier alpha value is -3.72. The van der Waals surface area contributed by atoms with Gasteiger partial charge in [0.2, 0.25) is 0 Å². The highest BCUT2D eigenvalue weighted by Gasteiger charge is 2.31. The van der Waals surface area contributed by atoms with Crippen molar-refractivity contribution < 1.29 is 29.1 Å². The van der Waals surface area contributed by atoms with Crippen LogP contribution in [0.15, 0.2) is 54.7 Å². The van der Waals surface area contributed by atoms with Crippen LogP contribution in [0.5, 0.6) is 0 Å². The molecule has 0 radical (unpaired) electrons. The standard InChI is InChI=1S/C19H16N2O7/c1-2-27-18(23)13-5-7-14(8-6-13)20-11-16(28-19(24)17(20)22)12-3-9-15(10-4-12)21(25)26/h3-11,19,24H,2H2,1H3. The Morgan fingerprint density at radius 2 is 1.86 bits per heavy atom. The lowest BCUT2D eigenvalue weighted by Gasteiger charge is -2.28. The van der Waals surface area contributed by atoms with E-state index < -0.39 is 23.1 Å². The number of rotatable bonds is 5. The molecule has 2 aromatic carbocycles. The normalized spacial score (nSPS) is 16.2.